The molecule has 0 aliphatic carbocycles. The standard InChI is InChI=1S/C16H22N4O2/c1-3-11(2)19-15(21)13-4-6-20(7-5-13)16(22)14-8-12(9-17)10-18-14/h8,10-11,13,18H,3-7H2,1-2H3,(H,19,21). The molecule has 0 aromatic carbocycles. The number of likely N-dealkylation sites (tertiary alicyclic amines) is 1. The van der Waals surface area contributed by atoms with Gasteiger partial charge < -0.3 is 15.2 Å². The van der Waals surface area contributed by atoms with Gasteiger partial charge in [-0.3, -0.25) is 9.59 Å². The summed E-state index contributed by atoms with van der Waals surface area (Å²) >= 11 is 0. The highest BCUT2D eigenvalue weighted by Gasteiger charge is 2.28. The molecular weight excluding hydrogens is 280 g/mol. The average Bonchev–Trinajstić information content (AvgIpc) is 3.03. The largest absolute Gasteiger partial charge is 0.356 e. The molecule has 2 N–H and O–H groups in total. The van der Waals surface area contributed by atoms with Crippen LogP contribution in [0.15, 0.2) is 12.3 Å². The molecule has 1 unspecified atom stereocenters. The zero-order chi connectivity index (χ0) is 16.1. The molecule has 2 amide bonds. The number of rotatable bonds is 4. The van der Waals surface area contributed by atoms with E-state index in [0.29, 0.717) is 37.2 Å². The highest BCUT2D eigenvalue weighted by Crippen LogP contribution is 2.19. The number of nitrogens with zero attached hydrogens (tertiary/aromatic N) is 2. The number of amides is 2. The summed E-state index contributed by atoms with van der Waals surface area (Å²) in [4.78, 5) is 29.0. The molecule has 2 rings (SSSR count). The number of aromatic nitrogens is 1. The molecule has 0 radical (unpaired) electrons. The van der Waals surface area contributed by atoms with Crippen molar-refractivity contribution in [2.24, 2.45) is 5.92 Å². The van der Waals surface area contributed by atoms with Crippen LogP contribution in [0.3, 0.4) is 0 Å². The minimum Gasteiger partial charge on any atom is -0.356 e. The van der Waals surface area contributed by atoms with Gasteiger partial charge in [0.15, 0.2) is 0 Å². The molecule has 1 fully saturated rings. The van der Waals surface area contributed by atoms with E-state index < -0.39 is 0 Å². The van der Waals surface area contributed by atoms with E-state index in [1.54, 1.807) is 11.0 Å². The second kappa shape index (κ2) is 7.12. The van der Waals surface area contributed by atoms with Crippen molar-refractivity contribution in [1.82, 2.24) is 15.2 Å². The molecule has 1 aliphatic heterocycles. The molecular formula is C16H22N4O2. The average molecular weight is 302 g/mol. The number of carbonyl (C=O) groups is 2. The lowest BCUT2D eigenvalue weighted by Crippen LogP contribution is -2.44. The highest BCUT2D eigenvalue weighted by atomic mass is 16.2. The van der Waals surface area contributed by atoms with E-state index in [2.05, 4.69) is 10.3 Å². The number of nitriles is 1. The Morgan fingerprint density at radius 3 is 2.73 bits per heavy atom. The van der Waals surface area contributed by atoms with E-state index in [1.807, 2.05) is 19.9 Å². The molecule has 1 aromatic heterocycles. The van der Waals surface area contributed by atoms with Crippen molar-refractivity contribution in [3.63, 3.8) is 0 Å². The van der Waals surface area contributed by atoms with Crippen LogP contribution < -0.4 is 5.32 Å². The van der Waals surface area contributed by atoms with Gasteiger partial charge in [-0.05, 0) is 32.3 Å². The Labute approximate surface area is 130 Å². The number of H-pyrrole nitrogens is 1. The second-order valence-electron chi connectivity index (χ2n) is 5.80. The Hall–Kier alpha value is -2.29. The first-order valence-electron chi connectivity index (χ1n) is 7.73. The third-order valence-electron chi connectivity index (χ3n) is 4.20. The van der Waals surface area contributed by atoms with Crippen molar-refractivity contribution in [1.29, 1.82) is 5.26 Å². The lowest BCUT2D eigenvalue weighted by molar-refractivity contribution is -0.126. The molecule has 22 heavy (non-hydrogen) atoms. The van der Waals surface area contributed by atoms with Crippen molar-refractivity contribution in [2.75, 3.05) is 13.1 Å². The van der Waals surface area contributed by atoms with Crippen LogP contribution in [0.25, 0.3) is 0 Å². The van der Waals surface area contributed by atoms with Gasteiger partial charge in [-0.2, -0.15) is 5.26 Å². The van der Waals surface area contributed by atoms with E-state index in [-0.39, 0.29) is 23.8 Å². The molecule has 1 saturated heterocycles. The van der Waals surface area contributed by atoms with Gasteiger partial charge >= 0.3 is 0 Å². The molecule has 0 spiro atoms. The van der Waals surface area contributed by atoms with E-state index in [4.69, 9.17) is 5.26 Å². The van der Waals surface area contributed by atoms with Gasteiger partial charge in [-0.15, -0.1) is 0 Å². The topological polar surface area (TPSA) is 89.0 Å². The maximum Gasteiger partial charge on any atom is 0.270 e. The number of piperidine rings is 1. The van der Waals surface area contributed by atoms with Gasteiger partial charge in [-0.1, -0.05) is 6.92 Å². The third kappa shape index (κ3) is 3.67. The SMILES string of the molecule is CCC(C)NC(=O)C1CCN(C(=O)c2cc(C#N)c[nH]2)CC1. The number of hydrogen-bond acceptors (Lipinski definition) is 3. The second-order valence-corrected chi connectivity index (χ2v) is 5.80. The first-order chi connectivity index (χ1) is 10.5. The Morgan fingerprint density at radius 2 is 2.18 bits per heavy atom. The monoisotopic (exact) mass is 302 g/mol. The molecule has 6 nitrogen and oxygen atoms in total. The summed E-state index contributed by atoms with van der Waals surface area (Å²) in [6, 6.07) is 3.75. The summed E-state index contributed by atoms with van der Waals surface area (Å²) in [6.07, 6.45) is 3.80. The lowest BCUT2D eigenvalue weighted by Gasteiger charge is -2.31. The van der Waals surface area contributed by atoms with Crippen molar-refractivity contribution in [3.05, 3.63) is 23.5 Å². The predicted molar refractivity (Wildman–Crippen MR) is 82.0 cm³/mol. The van der Waals surface area contributed by atoms with Crippen LogP contribution in [0.5, 0.6) is 0 Å². The molecule has 1 aromatic rings. The molecule has 1 aliphatic rings. The first kappa shape index (κ1) is 16.1. The maximum absolute atomic E-state index is 12.3. The van der Waals surface area contributed by atoms with E-state index >= 15 is 0 Å². The van der Waals surface area contributed by atoms with Crippen molar-refractivity contribution in [2.45, 2.75) is 39.2 Å². The summed E-state index contributed by atoms with van der Waals surface area (Å²) in [5.41, 5.74) is 0.880. The number of hydrogen-bond donors (Lipinski definition) is 2. The van der Waals surface area contributed by atoms with Crippen LogP contribution in [0.2, 0.25) is 0 Å². The van der Waals surface area contributed by atoms with Crippen LogP contribution in [-0.2, 0) is 4.79 Å². The minimum absolute atomic E-state index is 0.0173. The molecule has 1 atom stereocenters. The summed E-state index contributed by atoms with van der Waals surface area (Å²) in [7, 11) is 0. The minimum atomic E-state index is -0.109. The van der Waals surface area contributed by atoms with Crippen LogP contribution >= 0.6 is 0 Å². The van der Waals surface area contributed by atoms with Gasteiger partial charge in [0, 0.05) is 31.2 Å². The lowest BCUT2D eigenvalue weighted by atomic mass is 9.95. The normalized spacial score (nSPS) is 16.9. The van der Waals surface area contributed by atoms with Crippen LogP contribution in [0.4, 0.5) is 0 Å². The zero-order valence-corrected chi connectivity index (χ0v) is 13.1. The fraction of sp³-hybridized carbons (Fsp3) is 0.562. The van der Waals surface area contributed by atoms with Crippen molar-refractivity contribution < 1.29 is 9.59 Å². The maximum atomic E-state index is 12.3. The van der Waals surface area contributed by atoms with Gasteiger partial charge in [-0.25, -0.2) is 0 Å². The van der Waals surface area contributed by atoms with Gasteiger partial charge in [0.2, 0.25) is 5.91 Å². The van der Waals surface area contributed by atoms with E-state index in [0.717, 1.165) is 6.42 Å². The molecule has 118 valence electrons. The molecule has 0 saturated carbocycles. The van der Waals surface area contributed by atoms with Crippen LogP contribution in [0.1, 0.15) is 49.2 Å². The molecule has 2 heterocycles. The highest BCUT2D eigenvalue weighted by molar-refractivity contribution is 5.93. The summed E-state index contributed by atoms with van der Waals surface area (Å²) in [6.45, 7) is 5.17. The Bertz CT molecular complexity index is 579. The third-order valence-corrected chi connectivity index (χ3v) is 4.20. The fourth-order valence-electron chi connectivity index (χ4n) is 2.56. The first-order valence-corrected chi connectivity index (χ1v) is 7.73. The Balaban J connectivity index is 1.88. The molecule has 6 heteroatoms. The smallest absolute Gasteiger partial charge is 0.270 e. The van der Waals surface area contributed by atoms with Gasteiger partial charge in [0.1, 0.15) is 11.8 Å². The number of carbonyl (C=O) groups excluding carboxylic acids is 2. The number of nitrogens with one attached hydrogen (secondary N) is 2. The van der Waals surface area contributed by atoms with Crippen LogP contribution in [0, 0.1) is 17.2 Å². The van der Waals surface area contributed by atoms with E-state index in [1.165, 1.54) is 6.20 Å². The predicted octanol–water partition coefficient (Wildman–Crippen LogP) is 1.65. The summed E-state index contributed by atoms with van der Waals surface area (Å²) < 4.78 is 0. The quantitative estimate of drug-likeness (QED) is 0.886. The Morgan fingerprint density at radius 1 is 1.50 bits per heavy atom. The summed E-state index contributed by atoms with van der Waals surface area (Å²) in [5.74, 6) is -0.0354. The van der Waals surface area contributed by atoms with Gasteiger partial charge in [0.05, 0.1) is 5.56 Å². The van der Waals surface area contributed by atoms with Gasteiger partial charge in [0.25, 0.3) is 5.91 Å². The fourth-order valence-corrected chi connectivity index (χ4v) is 2.56. The number of aromatic amines is 1. The zero-order valence-electron chi connectivity index (χ0n) is 13.1. The van der Waals surface area contributed by atoms with Crippen LogP contribution in [-0.4, -0.2) is 40.8 Å². The molecule has 0 bridgehead atoms. The van der Waals surface area contributed by atoms with E-state index in [9.17, 15) is 9.59 Å². The van der Waals surface area contributed by atoms with Crippen molar-refractivity contribution in [3.8, 4) is 6.07 Å². The van der Waals surface area contributed by atoms with Crippen molar-refractivity contribution >= 4 is 11.8 Å². The Kier molecular flexibility index (Phi) is 5.21. The summed E-state index contributed by atoms with van der Waals surface area (Å²) in [5, 5.41) is 11.8.